The van der Waals surface area contributed by atoms with E-state index in [1.807, 2.05) is 17.8 Å². The first-order valence-electron chi connectivity index (χ1n) is 6.79. The number of rotatable bonds is 1. The molecule has 19 heavy (non-hydrogen) atoms. The van der Waals surface area contributed by atoms with Gasteiger partial charge >= 0.3 is 0 Å². The van der Waals surface area contributed by atoms with E-state index in [9.17, 15) is 4.79 Å². The van der Waals surface area contributed by atoms with E-state index in [4.69, 9.17) is 5.73 Å². The highest BCUT2D eigenvalue weighted by Gasteiger charge is 2.19. The summed E-state index contributed by atoms with van der Waals surface area (Å²) in [5, 5.41) is 2.90. The Morgan fingerprint density at radius 3 is 3.00 bits per heavy atom. The number of carbonyl (C=O) groups is 1. The molecule has 4 nitrogen and oxygen atoms in total. The van der Waals surface area contributed by atoms with Gasteiger partial charge in [-0.1, -0.05) is 0 Å². The van der Waals surface area contributed by atoms with Crippen LogP contribution in [0.2, 0.25) is 0 Å². The summed E-state index contributed by atoms with van der Waals surface area (Å²) >= 11 is 2.01. The van der Waals surface area contributed by atoms with Gasteiger partial charge in [0.2, 0.25) is 5.91 Å². The van der Waals surface area contributed by atoms with E-state index >= 15 is 0 Å². The van der Waals surface area contributed by atoms with Crippen molar-refractivity contribution >= 4 is 34.7 Å². The molecule has 1 aromatic carbocycles. The van der Waals surface area contributed by atoms with Crippen molar-refractivity contribution in [2.24, 2.45) is 0 Å². The van der Waals surface area contributed by atoms with Gasteiger partial charge in [-0.05, 0) is 36.3 Å². The normalized spacial score (nSPS) is 19.6. The van der Waals surface area contributed by atoms with Crippen LogP contribution in [0.4, 0.5) is 17.1 Å². The molecular weight excluding hydrogens is 258 g/mol. The van der Waals surface area contributed by atoms with Gasteiger partial charge in [-0.2, -0.15) is 11.8 Å². The number of hydrogen-bond acceptors (Lipinski definition) is 4. The summed E-state index contributed by atoms with van der Waals surface area (Å²) in [5.41, 5.74) is 10.2. The monoisotopic (exact) mass is 277 g/mol. The number of carbonyl (C=O) groups excluding carboxylic acids is 1. The van der Waals surface area contributed by atoms with E-state index in [1.165, 1.54) is 17.7 Å². The number of anilines is 3. The Morgan fingerprint density at radius 2 is 2.11 bits per heavy atom. The zero-order valence-electron chi connectivity index (χ0n) is 10.9. The third-order valence-electron chi connectivity index (χ3n) is 3.71. The number of aryl methyl sites for hydroxylation is 1. The van der Waals surface area contributed by atoms with Gasteiger partial charge in [0.05, 0.1) is 11.4 Å². The van der Waals surface area contributed by atoms with Crippen LogP contribution in [0.15, 0.2) is 12.1 Å². The fourth-order valence-electron chi connectivity index (χ4n) is 2.69. The number of thioether (sulfide) groups is 1. The van der Waals surface area contributed by atoms with Crippen LogP contribution in [0, 0.1) is 0 Å². The highest BCUT2D eigenvalue weighted by molar-refractivity contribution is 7.99. The maximum absolute atomic E-state index is 11.4. The first-order valence-corrected chi connectivity index (χ1v) is 7.94. The zero-order valence-corrected chi connectivity index (χ0v) is 11.8. The molecule has 1 amide bonds. The van der Waals surface area contributed by atoms with Crippen LogP contribution in [0.3, 0.4) is 0 Å². The fraction of sp³-hybridized carbons (Fsp3) is 0.500. The molecule has 5 heteroatoms. The Labute approximate surface area is 117 Å². The lowest BCUT2D eigenvalue weighted by Crippen LogP contribution is -2.27. The number of nitrogen functional groups attached to an aromatic ring is 1. The Kier molecular flexibility index (Phi) is 3.55. The van der Waals surface area contributed by atoms with Crippen LogP contribution in [0.1, 0.15) is 18.4 Å². The van der Waals surface area contributed by atoms with E-state index in [0.29, 0.717) is 6.42 Å². The quantitative estimate of drug-likeness (QED) is 0.772. The summed E-state index contributed by atoms with van der Waals surface area (Å²) in [6.45, 7) is 2.13. The number of benzene rings is 1. The standard InChI is InChI=1S/C14H19N3OS/c15-11-9-12-10(2-3-14(18)16-12)8-13(11)17-4-1-6-19-7-5-17/h8-9H,1-7,15H2,(H,16,18). The topological polar surface area (TPSA) is 58.4 Å². The maximum atomic E-state index is 11.4. The van der Waals surface area contributed by atoms with Crippen molar-refractivity contribution in [1.82, 2.24) is 0 Å². The van der Waals surface area contributed by atoms with Gasteiger partial charge in [0, 0.05) is 31.0 Å². The zero-order chi connectivity index (χ0) is 13.2. The van der Waals surface area contributed by atoms with Crippen molar-refractivity contribution in [2.45, 2.75) is 19.3 Å². The number of amides is 1. The number of nitrogens with two attached hydrogens (primary N) is 1. The van der Waals surface area contributed by atoms with Crippen molar-refractivity contribution in [1.29, 1.82) is 0 Å². The van der Waals surface area contributed by atoms with Crippen LogP contribution in [0.25, 0.3) is 0 Å². The Hall–Kier alpha value is -1.36. The van der Waals surface area contributed by atoms with Gasteiger partial charge < -0.3 is 16.0 Å². The molecule has 0 aromatic heterocycles. The predicted molar refractivity (Wildman–Crippen MR) is 82.0 cm³/mol. The molecule has 1 saturated heterocycles. The van der Waals surface area contributed by atoms with Crippen molar-refractivity contribution < 1.29 is 4.79 Å². The third kappa shape index (κ3) is 2.66. The Bertz CT molecular complexity index is 496. The predicted octanol–water partition coefficient (Wildman–Crippen LogP) is 2.10. The number of nitrogens with one attached hydrogen (secondary N) is 1. The van der Waals surface area contributed by atoms with Crippen LogP contribution >= 0.6 is 11.8 Å². The van der Waals surface area contributed by atoms with Gasteiger partial charge in [0.15, 0.2) is 0 Å². The molecule has 0 radical (unpaired) electrons. The number of fused-ring (bicyclic) bond motifs is 1. The minimum Gasteiger partial charge on any atom is -0.397 e. The molecule has 0 bridgehead atoms. The smallest absolute Gasteiger partial charge is 0.224 e. The largest absolute Gasteiger partial charge is 0.397 e. The SMILES string of the molecule is Nc1cc2c(cc1N1CCCSCC1)CCC(=O)N2. The summed E-state index contributed by atoms with van der Waals surface area (Å²) in [4.78, 5) is 13.8. The maximum Gasteiger partial charge on any atom is 0.224 e. The molecule has 1 fully saturated rings. The van der Waals surface area contributed by atoms with Gasteiger partial charge in [0.1, 0.15) is 0 Å². The average Bonchev–Trinajstić information content (AvgIpc) is 2.66. The summed E-state index contributed by atoms with van der Waals surface area (Å²) in [5.74, 6) is 2.48. The molecule has 1 aromatic rings. The highest BCUT2D eigenvalue weighted by Crippen LogP contribution is 2.34. The van der Waals surface area contributed by atoms with Crippen molar-refractivity contribution in [3.05, 3.63) is 17.7 Å². The minimum absolute atomic E-state index is 0.0887. The first-order chi connectivity index (χ1) is 9.24. The van der Waals surface area contributed by atoms with Crippen LogP contribution < -0.4 is 16.0 Å². The molecule has 102 valence electrons. The van der Waals surface area contributed by atoms with E-state index in [1.54, 1.807) is 0 Å². The molecule has 3 N–H and O–H groups in total. The summed E-state index contributed by atoms with van der Waals surface area (Å²) < 4.78 is 0. The van der Waals surface area contributed by atoms with E-state index in [-0.39, 0.29) is 5.91 Å². The molecule has 0 spiro atoms. The van der Waals surface area contributed by atoms with Crippen LogP contribution in [-0.2, 0) is 11.2 Å². The third-order valence-corrected chi connectivity index (χ3v) is 4.76. The number of hydrogen-bond donors (Lipinski definition) is 2. The lowest BCUT2D eigenvalue weighted by Gasteiger charge is -2.27. The second-order valence-electron chi connectivity index (χ2n) is 5.07. The highest BCUT2D eigenvalue weighted by atomic mass is 32.2. The van der Waals surface area contributed by atoms with Gasteiger partial charge in [-0.25, -0.2) is 0 Å². The second kappa shape index (κ2) is 5.33. The van der Waals surface area contributed by atoms with Crippen molar-refractivity contribution in [3.63, 3.8) is 0 Å². The first kappa shape index (κ1) is 12.7. The molecule has 0 atom stereocenters. The van der Waals surface area contributed by atoms with Gasteiger partial charge in [-0.15, -0.1) is 0 Å². The minimum atomic E-state index is 0.0887. The van der Waals surface area contributed by atoms with E-state index in [0.717, 1.165) is 42.3 Å². The summed E-state index contributed by atoms with van der Waals surface area (Å²) in [7, 11) is 0. The molecule has 0 unspecified atom stereocenters. The van der Waals surface area contributed by atoms with Crippen LogP contribution in [0.5, 0.6) is 0 Å². The molecular formula is C14H19N3OS. The van der Waals surface area contributed by atoms with E-state index in [2.05, 4.69) is 16.3 Å². The lowest BCUT2D eigenvalue weighted by molar-refractivity contribution is -0.116. The van der Waals surface area contributed by atoms with Crippen molar-refractivity contribution in [2.75, 3.05) is 40.5 Å². The van der Waals surface area contributed by atoms with E-state index < -0.39 is 0 Å². The van der Waals surface area contributed by atoms with Crippen LogP contribution in [-0.4, -0.2) is 30.5 Å². The summed E-state index contributed by atoms with van der Waals surface area (Å²) in [6.07, 6.45) is 2.60. The fourth-order valence-corrected chi connectivity index (χ4v) is 3.58. The second-order valence-corrected chi connectivity index (χ2v) is 6.29. The van der Waals surface area contributed by atoms with Gasteiger partial charge in [-0.3, -0.25) is 4.79 Å². The average molecular weight is 277 g/mol. The molecule has 2 heterocycles. The molecule has 0 aliphatic carbocycles. The Morgan fingerprint density at radius 1 is 1.21 bits per heavy atom. The molecule has 3 rings (SSSR count). The number of nitrogens with zero attached hydrogens (tertiary/aromatic N) is 1. The van der Waals surface area contributed by atoms with Gasteiger partial charge in [0.25, 0.3) is 0 Å². The molecule has 2 aliphatic heterocycles. The summed E-state index contributed by atoms with van der Waals surface area (Å²) in [6, 6.07) is 4.08. The molecule has 2 aliphatic rings. The lowest BCUT2D eigenvalue weighted by atomic mass is 10.0. The Balaban J connectivity index is 1.91. The molecule has 0 saturated carbocycles. The van der Waals surface area contributed by atoms with Crippen molar-refractivity contribution in [3.8, 4) is 0 Å².